The second kappa shape index (κ2) is 5.53. The van der Waals surface area contributed by atoms with Crippen LogP contribution in [0.1, 0.15) is 13.3 Å². The molecule has 1 N–H and O–H groups in total. The Balaban J connectivity index is 2.23. The molecule has 1 aromatic carbocycles. The number of nitrogens with one attached hydrogen (secondary N) is 1. The Labute approximate surface area is 104 Å². The van der Waals surface area contributed by atoms with E-state index in [-0.39, 0.29) is 0 Å². The van der Waals surface area contributed by atoms with E-state index in [0.717, 1.165) is 19.0 Å². The zero-order chi connectivity index (χ0) is 13.0. The van der Waals surface area contributed by atoms with Gasteiger partial charge in [-0.15, -0.1) is 10.2 Å². The smallest absolute Gasteiger partial charge is 0.148 e. The van der Waals surface area contributed by atoms with Crippen molar-refractivity contribution in [3.05, 3.63) is 42.0 Å². The second-order valence-electron chi connectivity index (χ2n) is 3.89. The Kier molecular flexibility index (Phi) is 3.82. The van der Waals surface area contributed by atoms with E-state index in [1.165, 1.54) is 12.1 Å². The summed E-state index contributed by atoms with van der Waals surface area (Å²) in [4.78, 5) is 0. The molecule has 0 aliphatic rings. The molecular formula is C13H13F2N3. The lowest BCUT2D eigenvalue weighted by Gasteiger charge is -2.04. The molecule has 5 heteroatoms. The monoisotopic (exact) mass is 249 g/mol. The first-order chi connectivity index (χ1) is 8.69. The standard InChI is InChI=1S/C13H13F2N3/c1-2-5-16-13-4-3-12(17-18-13)9-6-10(14)8-11(15)7-9/h3-4,6-8H,2,5H2,1H3,(H,16,18). The Morgan fingerprint density at radius 2 is 1.78 bits per heavy atom. The number of hydrogen-bond acceptors (Lipinski definition) is 3. The minimum atomic E-state index is -0.625. The molecule has 0 amide bonds. The molecule has 0 radical (unpaired) electrons. The number of hydrogen-bond donors (Lipinski definition) is 1. The number of halogens is 2. The van der Waals surface area contributed by atoms with E-state index in [4.69, 9.17) is 0 Å². The third-order valence-corrected chi connectivity index (χ3v) is 2.38. The number of rotatable bonds is 4. The maximum absolute atomic E-state index is 13.1. The normalized spacial score (nSPS) is 10.4. The van der Waals surface area contributed by atoms with E-state index in [9.17, 15) is 8.78 Å². The Morgan fingerprint density at radius 1 is 1.06 bits per heavy atom. The minimum absolute atomic E-state index is 0.377. The van der Waals surface area contributed by atoms with Crippen LogP contribution in [0.15, 0.2) is 30.3 Å². The van der Waals surface area contributed by atoms with Crippen LogP contribution in [0.2, 0.25) is 0 Å². The zero-order valence-electron chi connectivity index (χ0n) is 9.95. The highest BCUT2D eigenvalue weighted by Crippen LogP contribution is 2.19. The van der Waals surface area contributed by atoms with Gasteiger partial charge in [-0.2, -0.15) is 0 Å². The molecule has 0 aliphatic carbocycles. The Hall–Kier alpha value is -2.04. The summed E-state index contributed by atoms with van der Waals surface area (Å²) in [5.41, 5.74) is 0.817. The molecule has 0 saturated heterocycles. The van der Waals surface area contributed by atoms with Gasteiger partial charge >= 0.3 is 0 Å². The van der Waals surface area contributed by atoms with Crippen LogP contribution in [0.25, 0.3) is 11.3 Å². The summed E-state index contributed by atoms with van der Waals surface area (Å²) in [6.45, 7) is 2.85. The van der Waals surface area contributed by atoms with E-state index in [1.807, 2.05) is 6.92 Å². The van der Waals surface area contributed by atoms with Crippen molar-refractivity contribution in [3.63, 3.8) is 0 Å². The van der Waals surface area contributed by atoms with Gasteiger partial charge in [-0.1, -0.05) is 6.92 Å². The van der Waals surface area contributed by atoms with Gasteiger partial charge in [-0.25, -0.2) is 8.78 Å². The highest BCUT2D eigenvalue weighted by atomic mass is 19.1. The zero-order valence-corrected chi connectivity index (χ0v) is 9.95. The molecule has 0 fully saturated rings. The maximum atomic E-state index is 13.1. The summed E-state index contributed by atoms with van der Waals surface area (Å²) < 4.78 is 26.1. The van der Waals surface area contributed by atoms with Gasteiger partial charge in [-0.3, -0.25) is 0 Å². The van der Waals surface area contributed by atoms with Crippen molar-refractivity contribution < 1.29 is 8.78 Å². The molecule has 1 aromatic heterocycles. The molecule has 0 aliphatic heterocycles. The van der Waals surface area contributed by atoms with Crippen molar-refractivity contribution >= 4 is 5.82 Å². The summed E-state index contributed by atoms with van der Waals surface area (Å²) in [5.74, 6) is -0.600. The van der Waals surface area contributed by atoms with Crippen LogP contribution in [-0.4, -0.2) is 16.7 Å². The van der Waals surface area contributed by atoms with Crippen molar-refractivity contribution in [1.82, 2.24) is 10.2 Å². The lowest BCUT2D eigenvalue weighted by Crippen LogP contribution is -2.03. The second-order valence-corrected chi connectivity index (χ2v) is 3.89. The predicted molar refractivity (Wildman–Crippen MR) is 66.2 cm³/mol. The summed E-state index contributed by atoms with van der Waals surface area (Å²) in [6.07, 6.45) is 0.985. The molecule has 1 heterocycles. The van der Waals surface area contributed by atoms with E-state index in [0.29, 0.717) is 17.1 Å². The fourth-order valence-corrected chi connectivity index (χ4v) is 1.54. The van der Waals surface area contributed by atoms with Gasteiger partial charge in [0.2, 0.25) is 0 Å². The molecule has 18 heavy (non-hydrogen) atoms. The summed E-state index contributed by atoms with van der Waals surface area (Å²) in [5, 5.41) is 11.0. The van der Waals surface area contributed by atoms with E-state index in [2.05, 4.69) is 15.5 Å². The van der Waals surface area contributed by atoms with E-state index >= 15 is 0 Å². The Bertz CT molecular complexity index is 506. The molecule has 3 nitrogen and oxygen atoms in total. The van der Waals surface area contributed by atoms with Crippen molar-refractivity contribution in [2.75, 3.05) is 11.9 Å². The van der Waals surface area contributed by atoms with Gasteiger partial charge in [-0.05, 0) is 30.7 Å². The number of benzene rings is 1. The molecule has 94 valence electrons. The van der Waals surface area contributed by atoms with Gasteiger partial charge in [0.25, 0.3) is 0 Å². The van der Waals surface area contributed by atoms with Gasteiger partial charge in [0.15, 0.2) is 0 Å². The fourth-order valence-electron chi connectivity index (χ4n) is 1.54. The molecule has 0 atom stereocenters. The van der Waals surface area contributed by atoms with Gasteiger partial charge in [0, 0.05) is 18.2 Å². The van der Waals surface area contributed by atoms with Crippen LogP contribution in [0.5, 0.6) is 0 Å². The van der Waals surface area contributed by atoms with Crippen LogP contribution >= 0.6 is 0 Å². The highest BCUT2D eigenvalue weighted by molar-refractivity contribution is 5.59. The SMILES string of the molecule is CCCNc1ccc(-c2cc(F)cc(F)c2)nn1. The summed E-state index contributed by atoms with van der Waals surface area (Å²) in [6, 6.07) is 6.70. The molecule has 2 aromatic rings. The third kappa shape index (κ3) is 3.00. The molecule has 0 spiro atoms. The van der Waals surface area contributed by atoms with Crippen molar-refractivity contribution in [1.29, 1.82) is 0 Å². The number of aromatic nitrogens is 2. The van der Waals surface area contributed by atoms with Crippen LogP contribution in [0, 0.1) is 11.6 Å². The van der Waals surface area contributed by atoms with Crippen molar-refractivity contribution in [3.8, 4) is 11.3 Å². The topological polar surface area (TPSA) is 37.8 Å². The van der Waals surface area contributed by atoms with Gasteiger partial charge < -0.3 is 5.32 Å². The average Bonchev–Trinajstić information content (AvgIpc) is 2.36. The quantitative estimate of drug-likeness (QED) is 0.903. The molecule has 0 saturated carbocycles. The van der Waals surface area contributed by atoms with Crippen LogP contribution in [0.3, 0.4) is 0 Å². The van der Waals surface area contributed by atoms with Crippen LogP contribution in [-0.2, 0) is 0 Å². The number of nitrogens with zero attached hydrogens (tertiary/aromatic N) is 2. The molecular weight excluding hydrogens is 236 g/mol. The van der Waals surface area contributed by atoms with Gasteiger partial charge in [0.05, 0.1) is 5.69 Å². The lowest BCUT2D eigenvalue weighted by atomic mass is 10.1. The lowest BCUT2D eigenvalue weighted by molar-refractivity contribution is 0.584. The van der Waals surface area contributed by atoms with Crippen molar-refractivity contribution in [2.24, 2.45) is 0 Å². The van der Waals surface area contributed by atoms with Crippen LogP contribution < -0.4 is 5.32 Å². The summed E-state index contributed by atoms with van der Waals surface area (Å²) in [7, 11) is 0. The minimum Gasteiger partial charge on any atom is -0.369 e. The maximum Gasteiger partial charge on any atom is 0.148 e. The van der Waals surface area contributed by atoms with Crippen LogP contribution in [0.4, 0.5) is 14.6 Å². The number of anilines is 1. The largest absolute Gasteiger partial charge is 0.369 e. The molecule has 0 bridgehead atoms. The first-order valence-corrected chi connectivity index (χ1v) is 5.73. The summed E-state index contributed by atoms with van der Waals surface area (Å²) >= 11 is 0. The molecule has 0 unspecified atom stereocenters. The average molecular weight is 249 g/mol. The van der Waals surface area contributed by atoms with Gasteiger partial charge in [0.1, 0.15) is 17.5 Å². The predicted octanol–water partition coefficient (Wildman–Crippen LogP) is 3.24. The first kappa shape index (κ1) is 12.4. The van der Waals surface area contributed by atoms with E-state index in [1.54, 1.807) is 12.1 Å². The Morgan fingerprint density at radius 3 is 2.33 bits per heavy atom. The third-order valence-electron chi connectivity index (χ3n) is 2.38. The highest BCUT2D eigenvalue weighted by Gasteiger charge is 2.05. The molecule has 2 rings (SSSR count). The fraction of sp³-hybridized carbons (Fsp3) is 0.231. The van der Waals surface area contributed by atoms with Crippen molar-refractivity contribution in [2.45, 2.75) is 13.3 Å². The first-order valence-electron chi connectivity index (χ1n) is 5.73. The van der Waals surface area contributed by atoms with E-state index < -0.39 is 11.6 Å².